The Kier molecular flexibility index (Phi) is 9.77. The Bertz CT molecular complexity index is 497. The summed E-state index contributed by atoms with van der Waals surface area (Å²) in [5.74, 6) is 2.48. The Morgan fingerprint density at radius 3 is 2.65 bits per heavy atom. The first-order valence-corrected chi connectivity index (χ1v) is 7.65. The van der Waals surface area contributed by atoms with Crippen molar-refractivity contribution in [2.45, 2.75) is 12.8 Å². The van der Waals surface area contributed by atoms with Crippen molar-refractivity contribution in [2.75, 3.05) is 47.1 Å². The predicted octanol–water partition coefficient (Wildman–Crippen LogP) is 1.82. The van der Waals surface area contributed by atoms with Gasteiger partial charge < -0.3 is 24.8 Å². The molecule has 1 aliphatic rings. The lowest BCUT2D eigenvalue weighted by atomic mass is 10.1. The van der Waals surface area contributed by atoms with Gasteiger partial charge in [0.1, 0.15) is 13.2 Å². The van der Waals surface area contributed by atoms with Crippen molar-refractivity contribution in [1.82, 2.24) is 10.6 Å². The van der Waals surface area contributed by atoms with Crippen molar-refractivity contribution < 1.29 is 14.2 Å². The number of fused-ring (bicyclic) bond motifs is 1. The first kappa shape index (κ1) is 19.8. The molecule has 0 aliphatic carbocycles. The second-order valence-corrected chi connectivity index (χ2v) is 5.00. The zero-order valence-electron chi connectivity index (χ0n) is 13.8. The van der Waals surface area contributed by atoms with Crippen LogP contribution in [0.3, 0.4) is 0 Å². The number of ether oxygens (including phenoxy) is 3. The normalized spacial score (nSPS) is 13.2. The number of benzene rings is 1. The topological polar surface area (TPSA) is 64.1 Å². The van der Waals surface area contributed by atoms with Crippen molar-refractivity contribution in [1.29, 1.82) is 0 Å². The van der Waals surface area contributed by atoms with E-state index in [-0.39, 0.29) is 24.0 Å². The Balaban J connectivity index is 0.00000264. The van der Waals surface area contributed by atoms with Crippen molar-refractivity contribution in [3.05, 3.63) is 23.8 Å². The fourth-order valence-electron chi connectivity index (χ4n) is 2.21. The van der Waals surface area contributed by atoms with E-state index in [1.807, 2.05) is 12.1 Å². The summed E-state index contributed by atoms with van der Waals surface area (Å²) in [5, 5.41) is 6.56. The lowest BCUT2D eigenvalue weighted by molar-refractivity contribution is 0.171. The molecule has 6 nitrogen and oxygen atoms in total. The van der Waals surface area contributed by atoms with Crippen LogP contribution in [-0.4, -0.2) is 53.0 Å². The summed E-state index contributed by atoms with van der Waals surface area (Å²) in [7, 11) is 3.48. The molecule has 0 aromatic heterocycles. The smallest absolute Gasteiger partial charge is 0.190 e. The molecule has 2 N–H and O–H groups in total. The summed E-state index contributed by atoms with van der Waals surface area (Å²) in [6.07, 6.45) is 1.86. The minimum atomic E-state index is 0. The van der Waals surface area contributed by atoms with Crippen LogP contribution >= 0.6 is 24.0 Å². The molecule has 23 heavy (non-hydrogen) atoms. The zero-order valence-corrected chi connectivity index (χ0v) is 16.1. The molecule has 0 saturated carbocycles. The average Bonchev–Trinajstić information content (AvgIpc) is 2.57. The predicted molar refractivity (Wildman–Crippen MR) is 102 cm³/mol. The van der Waals surface area contributed by atoms with Crippen LogP contribution in [0, 0.1) is 0 Å². The number of hydrogen-bond donors (Lipinski definition) is 2. The fraction of sp³-hybridized carbons (Fsp3) is 0.562. The summed E-state index contributed by atoms with van der Waals surface area (Å²) in [5.41, 5.74) is 1.21. The standard InChI is InChI=1S/C16H25N3O3.HI/c1-17-16(18-7-3-9-20-2)19-8-6-13-4-5-14-15(12-13)22-11-10-21-14;/h4-5,12H,3,6-11H2,1-2H3,(H2,17,18,19);1H. The quantitative estimate of drug-likeness (QED) is 0.296. The highest BCUT2D eigenvalue weighted by Gasteiger charge is 2.11. The number of hydrogen-bond acceptors (Lipinski definition) is 4. The molecule has 1 aromatic rings. The van der Waals surface area contributed by atoms with Crippen molar-refractivity contribution in [3.8, 4) is 11.5 Å². The van der Waals surface area contributed by atoms with Gasteiger partial charge in [0.05, 0.1) is 0 Å². The van der Waals surface area contributed by atoms with Gasteiger partial charge >= 0.3 is 0 Å². The summed E-state index contributed by atoms with van der Waals surface area (Å²) in [6.45, 7) is 3.65. The summed E-state index contributed by atoms with van der Waals surface area (Å²) in [6, 6.07) is 6.09. The van der Waals surface area contributed by atoms with Gasteiger partial charge in [0.15, 0.2) is 17.5 Å². The van der Waals surface area contributed by atoms with Crippen molar-refractivity contribution in [3.63, 3.8) is 0 Å². The van der Waals surface area contributed by atoms with E-state index in [0.717, 1.165) is 50.0 Å². The SMILES string of the molecule is CN=C(NCCCOC)NCCc1ccc2c(c1)OCCO2.I. The summed E-state index contributed by atoms with van der Waals surface area (Å²) in [4.78, 5) is 4.20. The van der Waals surface area contributed by atoms with Gasteiger partial charge in [-0.1, -0.05) is 6.07 Å². The lowest BCUT2D eigenvalue weighted by Crippen LogP contribution is -2.39. The molecule has 0 spiro atoms. The zero-order chi connectivity index (χ0) is 15.6. The van der Waals surface area contributed by atoms with Crippen molar-refractivity contribution >= 4 is 29.9 Å². The minimum absolute atomic E-state index is 0. The van der Waals surface area contributed by atoms with Gasteiger partial charge in [0.2, 0.25) is 0 Å². The maximum absolute atomic E-state index is 5.60. The van der Waals surface area contributed by atoms with Crippen LogP contribution in [0.25, 0.3) is 0 Å². The number of guanidine groups is 1. The van der Waals surface area contributed by atoms with Gasteiger partial charge in [-0.3, -0.25) is 4.99 Å². The molecule has 0 radical (unpaired) electrons. The monoisotopic (exact) mass is 435 g/mol. The van der Waals surface area contributed by atoms with Crippen LogP contribution in [0.4, 0.5) is 0 Å². The second kappa shape index (κ2) is 11.3. The number of nitrogens with zero attached hydrogens (tertiary/aromatic N) is 1. The Hall–Kier alpha value is -1.22. The third-order valence-electron chi connectivity index (χ3n) is 3.35. The Morgan fingerprint density at radius 2 is 1.91 bits per heavy atom. The van der Waals surface area contributed by atoms with E-state index in [1.54, 1.807) is 14.2 Å². The van der Waals surface area contributed by atoms with Crippen LogP contribution in [0.1, 0.15) is 12.0 Å². The van der Waals surface area contributed by atoms with E-state index < -0.39 is 0 Å². The molecule has 130 valence electrons. The maximum Gasteiger partial charge on any atom is 0.190 e. The highest BCUT2D eigenvalue weighted by Crippen LogP contribution is 2.30. The molecule has 1 heterocycles. The van der Waals surface area contributed by atoms with Crippen LogP contribution < -0.4 is 20.1 Å². The molecule has 1 aliphatic heterocycles. The van der Waals surface area contributed by atoms with E-state index in [2.05, 4.69) is 21.7 Å². The minimum Gasteiger partial charge on any atom is -0.486 e. The van der Waals surface area contributed by atoms with Gasteiger partial charge in [-0.05, 0) is 30.5 Å². The Labute approximate surface area is 155 Å². The second-order valence-electron chi connectivity index (χ2n) is 5.00. The van der Waals surface area contributed by atoms with Crippen LogP contribution in [0.5, 0.6) is 11.5 Å². The lowest BCUT2D eigenvalue weighted by Gasteiger charge is -2.19. The van der Waals surface area contributed by atoms with Crippen LogP contribution in [-0.2, 0) is 11.2 Å². The first-order chi connectivity index (χ1) is 10.8. The van der Waals surface area contributed by atoms with Crippen molar-refractivity contribution in [2.24, 2.45) is 4.99 Å². The third-order valence-corrected chi connectivity index (χ3v) is 3.35. The largest absolute Gasteiger partial charge is 0.486 e. The van der Waals surface area contributed by atoms with Gasteiger partial charge in [0, 0.05) is 33.9 Å². The van der Waals surface area contributed by atoms with Gasteiger partial charge in [-0.15, -0.1) is 24.0 Å². The molecule has 1 aromatic carbocycles. The fourth-order valence-corrected chi connectivity index (χ4v) is 2.21. The molecular weight excluding hydrogens is 409 g/mol. The van der Waals surface area contributed by atoms with E-state index >= 15 is 0 Å². The van der Waals surface area contributed by atoms with Gasteiger partial charge in [0.25, 0.3) is 0 Å². The molecular formula is C16H26IN3O3. The molecule has 0 amide bonds. The first-order valence-electron chi connectivity index (χ1n) is 7.65. The highest BCUT2D eigenvalue weighted by molar-refractivity contribution is 14.0. The van der Waals surface area contributed by atoms with Gasteiger partial charge in [-0.25, -0.2) is 0 Å². The van der Waals surface area contributed by atoms with Gasteiger partial charge in [-0.2, -0.15) is 0 Å². The maximum atomic E-state index is 5.60. The molecule has 0 fully saturated rings. The molecule has 7 heteroatoms. The number of rotatable bonds is 7. The molecule has 0 bridgehead atoms. The number of aliphatic imine (C=N–C) groups is 1. The molecule has 2 rings (SSSR count). The Morgan fingerprint density at radius 1 is 1.17 bits per heavy atom. The number of methoxy groups -OCH3 is 1. The van der Waals surface area contributed by atoms with E-state index in [4.69, 9.17) is 14.2 Å². The number of halogens is 1. The molecule has 0 unspecified atom stereocenters. The number of nitrogens with one attached hydrogen (secondary N) is 2. The van der Waals surface area contributed by atoms with Crippen LogP contribution in [0.15, 0.2) is 23.2 Å². The summed E-state index contributed by atoms with van der Waals surface area (Å²) >= 11 is 0. The third kappa shape index (κ3) is 6.82. The van der Waals surface area contributed by atoms with E-state index in [0.29, 0.717) is 13.2 Å². The van der Waals surface area contributed by atoms with E-state index in [9.17, 15) is 0 Å². The average molecular weight is 435 g/mol. The van der Waals surface area contributed by atoms with E-state index in [1.165, 1.54) is 5.56 Å². The highest BCUT2D eigenvalue weighted by atomic mass is 127. The molecule has 0 atom stereocenters. The molecule has 0 saturated heterocycles. The van der Waals surface area contributed by atoms with Crippen LogP contribution in [0.2, 0.25) is 0 Å². The summed E-state index contributed by atoms with van der Waals surface area (Å²) < 4.78 is 16.1.